The molecule has 0 aromatic carbocycles. The standard InChI is InChI=1S/C18H24O3S.Na/c1-5-6-7-15-11-17(22(19,20)21)16-9-8-14(12(2)3)10-13(4)18(15)16;/h8-12H,5-7H2,1-4H3,(H,19,20,21);/q;+1/p-1. The van der Waals surface area contributed by atoms with E-state index in [4.69, 9.17) is 0 Å². The Balaban J connectivity index is 0.00000264. The first-order valence-corrected chi connectivity index (χ1v) is 9.18. The fourth-order valence-corrected chi connectivity index (χ4v) is 3.64. The normalized spacial score (nSPS) is 11.7. The molecule has 2 aliphatic rings. The minimum Gasteiger partial charge on any atom is -0.744 e. The molecule has 3 nitrogen and oxygen atoms in total. The Kier molecular flexibility index (Phi) is 7.30. The summed E-state index contributed by atoms with van der Waals surface area (Å²) in [4.78, 5) is -0.0809. The molecule has 0 aromatic rings. The van der Waals surface area contributed by atoms with Gasteiger partial charge >= 0.3 is 29.6 Å². The van der Waals surface area contributed by atoms with Crippen molar-refractivity contribution >= 4 is 10.1 Å². The third-order valence-electron chi connectivity index (χ3n) is 4.12. The van der Waals surface area contributed by atoms with Gasteiger partial charge in [0.05, 0.1) is 4.90 Å². The molecule has 0 amide bonds. The summed E-state index contributed by atoms with van der Waals surface area (Å²) in [6.07, 6.45) is 2.80. The summed E-state index contributed by atoms with van der Waals surface area (Å²) in [5.41, 5.74) is 4.63. The molecule has 0 spiro atoms. The van der Waals surface area contributed by atoms with Crippen LogP contribution in [0.25, 0.3) is 11.1 Å². The van der Waals surface area contributed by atoms with Gasteiger partial charge in [-0.05, 0) is 59.6 Å². The van der Waals surface area contributed by atoms with Crippen LogP contribution in [0.3, 0.4) is 0 Å². The van der Waals surface area contributed by atoms with Crippen LogP contribution in [-0.4, -0.2) is 13.0 Å². The van der Waals surface area contributed by atoms with Crippen molar-refractivity contribution in [1.82, 2.24) is 0 Å². The van der Waals surface area contributed by atoms with E-state index in [0.717, 1.165) is 41.5 Å². The zero-order valence-electron chi connectivity index (χ0n) is 14.6. The zero-order valence-corrected chi connectivity index (χ0v) is 17.5. The smallest absolute Gasteiger partial charge is 0.744 e. The SMILES string of the molecule is CCCCc1cc(S(=O)(=O)[O-])c2ccc(C(C)C)cc(C)c1-2.[Na+]. The first-order valence-electron chi connectivity index (χ1n) is 7.77. The van der Waals surface area contributed by atoms with Gasteiger partial charge in [-0.3, -0.25) is 0 Å². The summed E-state index contributed by atoms with van der Waals surface area (Å²) in [5, 5.41) is 0. The number of unbranched alkanes of at least 4 members (excludes halogenated alkanes) is 1. The molecule has 0 heterocycles. The first-order chi connectivity index (χ1) is 10.3. The van der Waals surface area contributed by atoms with E-state index in [9.17, 15) is 13.0 Å². The third kappa shape index (κ3) is 4.58. The second kappa shape index (κ2) is 8.13. The average Bonchev–Trinajstić information content (AvgIpc) is 2.70. The molecule has 0 aromatic heterocycles. The molecule has 120 valence electrons. The number of rotatable bonds is 5. The van der Waals surface area contributed by atoms with Gasteiger partial charge in [-0.25, -0.2) is 8.42 Å². The molecular weight excluding hydrogens is 319 g/mol. The van der Waals surface area contributed by atoms with Gasteiger partial charge in [-0.15, -0.1) is 0 Å². The van der Waals surface area contributed by atoms with E-state index in [0.29, 0.717) is 11.5 Å². The maximum absolute atomic E-state index is 11.6. The summed E-state index contributed by atoms with van der Waals surface area (Å²) in [7, 11) is -4.46. The Bertz CT molecular complexity index is 751. The number of hydrogen-bond acceptors (Lipinski definition) is 3. The van der Waals surface area contributed by atoms with Gasteiger partial charge in [-0.1, -0.05) is 45.4 Å². The fourth-order valence-electron chi connectivity index (χ4n) is 2.92. The number of fused-ring (bicyclic) bond motifs is 1. The van der Waals surface area contributed by atoms with E-state index < -0.39 is 10.1 Å². The molecule has 0 N–H and O–H groups in total. The van der Waals surface area contributed by atoms with Gasteiger partial charge in [0, 0.05) is 0 Å². The van der Waals surface area contributed by atoms with Gasteiger partial charge in [0.15, 0.2) is 0 Å². The van der Waals surface area contributed by atoms with Crippen molar-refractivity contribution in [3.05, 3.63) is 41.0 Å². The van der Waals surface area contributed by atoms with Crippen molar-refractivity contribution in [1.29, 1.82) is 0 Å². The second-order valence-electron chi connectivity index (χ2n) is 6.20. The van der Waals surface area contributed by atoms with Crippen molar-refractivity contribution < 1.29 is 42.5 Å². The molecule has 2 rings (SSSR count). The van der Waals surface area contributed by atoms with Crippen molar-refractivity contribution in [3.63, 3.8) is 0 Å². The minimum atomic E-state index is -4.46. The van der Waals surface area contributed by atoms with Crippen molar-refractivity contribution in [3.8, 4) is 11.1 Å². The Morgan fingerprint density at radius 3 is 2.35 bits per heavy atom. The van der Waals surface area contributed by atoms with Gasteiger partial charge < -0.3 is 4.55 Å². The summed E-state index contributed by atoms with van der Waals surface area (Å²) in [6.45, 7) is 8.29. The Hall–Kier alpha value is -0.390. The Labute approximate surface area is 161 Å². The molecule has 23 heavy (non-hydrogen) atoms. The summed E-state index contributed by atoms with van der Waals surface area (Å²) in [5.74, 6) is 0.349. The number of hydrogen-bond donors (Lipinski definition) is 0. The molecule has 0 bridgehead atoms. The van der Waals surface area contributed by atoms with Gasteiger partial charge in [0.25, 0.3) is 0 Å². The van der Waals surface area contributed by atoms with Crippen molar-refractivity contribution in [2.24, 2.45) is 0 Å². The quantitative estimate of drug-likeness (QED) is 0.611. The molecule has 0 saturated carbocycles. The minimum absolute atomic E-state index is 0. The van der Waals surface area contributed by atoms with Gasteiger partial charge in [0.1, 0.15) is 10.1 Å². The predicted octanol–water partition coefficient (Wildman–Crippen LogP) is 1.47. The van der Waals surface area contributed by atoms with E-state index in [1.807, 2.05) is 13.0 Å². The summed E-state index contributed by atoms with van der Waals surface area (Å²) < 4.78 is 34.8. The number of aryl methyl sites for hydroxylation is 2. The molecule has 0 radical (unpaired) electrons. The van der Waals surface area contributed by atoms with Crippen LogP contribution in [0.1, 0.15) is 56.2 Å². The summed E-state index contributed by atoms with van der Waals surface area (Å²) in [6, 6.07) is 7.39. The van der Waals surface area contributed by atoms with Crippen LogP contribution in [0.5, 0.6) is 0 Å². The fraction of sp³-hybridized carbons (Fsp3) is 0.444. The summed E-state index contributed by atoms with van der Waals surface area (Å²) >= 11 is 0. The van der Waals surface area contributed by atoms with Crippen LogP contribution in [-0.2, 0) is 16.5 Å². The Morgan fingerprint density at radius 2 is 1.83 bits per heavy atom. The van der Waals surface area contributed by atoms with E-state index in [1.54, 1.807) is 12.1 Å². The molecule has 0 atom stereocenters. The third-order valence-corrected chi connectivity index (χ3v) is 4.99. The van der Waals surface area contributed by atoms with Gasteiger partial charge in [0.2, 0.25) is 0 Å². The maximum atomic E-state index is 11.6. The first kappa shape index (κ1) is 20.7. The van der Waals surface area contributed by atoms with E-state index >= 15 is 0 Å². The van der Waals surface area contributed by atoms with Crippen molar-refractivity contribution in [2.75, 3.05) is 0 Å². The van der Waals surface area contributed by atoms with Crippen LogP contribution in [0.2, 0.25) is 0 Å². The van der Waals surface area contributed by atoms with Crippen molar-refractivity contribution in [2.45, 2.75) is 57.8 Å². The van der Waals surface area contributed by atoms with Crippen LogP contribution in [0.4, 0.5) is 0 Å². The van der Waals surface area contributed by atoms with E-state index in [1.165, 1.54) is 0 Å². The maximum Gasteiger partial charge on any atom is 1.00 e. The molecule has 0 saturated heterocycles. The largest absolute Gasteiger partial charge is 1.00 e. The molecule has 2 aliphatic carbocycles. The van der Waals surface area contributed by atoms with Crippen LogP contribution < -0.4 is 29.6 Å². The zero-order chi connectivity index (χ0) is 16.5. The van der Waals surface area contributed by atoms with Crippen LogP contribution in [0, 0.1) is 6.92 Å². The topological polar surface area (TPSA) is 57.2 Å². The van der Waals surface area contributed by atoms with Crippen LogP contribution >= 0.6 is 0 Å². The van der Waals surface area contributed by atoms with Gasteiger partial charge in [-0.2, -0.15) is 0 Å². The molecule has 5 heteroatoms. The monoisotopic (exact) mass is 342 g/mol. The molecule has 0 fully saturated rings. The van der Waals surface area contributed by atoms with E-state index in [2.05, 4.69) is 26.8 Å². The van der Waals surface area contributed by atoms with Crippen LogP contribution in [0.15, 0.2) is 29.2 Å². The Morgan fingerprint density at radius 1 is 1.17 bits per heavy atom. The average molecular weight is 342 g/mol. The molecular formula is C18H23NaO3S. The van der Waals surface area contributed by atoms with E-state index in [-0.39, 0.29) is 34.5 Å². The molecule has 0 aliphatic heterocycles. The second-order valence-corrected chi connectivity index (χ2v) is 7.54. The predicted molar refractivity (Wildman–Crippen MR) is 88.5 cm³/mol. The molecule has 0 unspecified atom stereocenters.